The predicted molar refractivity (Wildman–Crippen MR) is 186 cm³/mol. The Balaban J connectivity index is 1.02. The molecule has 5 aliphatic rings. The second-order valence-electron chi connectivity index (χ2n) is 17.0. The van der Waals surface area contributed by atoms with Crippen LogP contribution in [0.15, 0.2) is 11.6 Å². The zero-order valence-electron chi connectivity index (χ0n) is 29.7. The fraction of sp³-hybridized carbons (Fsp3) is 0.949. The first-order valence-corrected chi connectivity index (χ1v) is 19.7. The van der Waals surface area contributed by atoms with Gasteiger partial charge in [-0.3, -0.25) is 0 Å². The molecule has 3 N–H and O–H groups in total. The van der Waals surface area contributed by atoms with Gasteiger partial charge < -0.3 is 42.2 Å². The summed E-state index contributed by atoms with van der Waals surface area (Å²) < 4.78 is 17.7. The molecule has 46 heavy (non-hydrogen) atoms. The summed E-state index contributed by atoms with van der Waals surface area (Å²) >= 11 is 5.25. The Morgan fingerprint density at radius 1 is 0.891 bits per heavy atom. The van der Waals surface area contributed by atoms with Crippen molar-refractivity contribution in [3.63, 3.8) is 0 Å². The van der Waals surface area contributed by atoms with Crippen molar-refractivity contribution < 1.29 is 29.5 Å². The topological polar surface area (TPSA) is 88.4 Å². The lowest BCUT2D eigenvalue weighted by Gasteiger charge is -2.58. The molecule has 0 amide bonds. The van der Waals surface area contributed by atoms with E-state index in [-0.39, 0.29) is 6.61 Å². The molecule has 0 spiro atoms. The van der Waals surface area contributed by atoms with Crippen LogP contribution in [-0.2, 0) is 26.8 Å². The fourth-order valence-electron chi connectivity index (χ4n) is 11.1. The van der Waals surface area contributed by atoms with Gasteiger partial charge in [-0.15, -0.1) is 0 Å². The molecule has 0 aromatic carbocycles. The first kappa shape index (κ1) is 37.1. The summed E-state index contributed by atoms with van der Waals surface area (Å²) in [4.78, 5) is 0. The molecule has 13 atom stereocenters. The molecular formula is C39H67O6S-. The number of fused-ring (bicyclic) bond motifs is 5. The van der Waals surface area contributed by atoms with E-state index in [0.717, 1.165) is 74.2 Å². The molecule has 4 fully saturated rings. The molecule has 6 nitrogen and oxygen atoms in total. The van der Waals surface area contributed by atoms with Crippen molar-refractivity contribution in [2.24, 2.45) is 46.3 Å². The van der Waals surface area contributed by atoms with Crippen LogP contribution in [0.25, 0.3) is 0 Å². The van der Waals surface area contributed by atoms with Crippen molar-refractivity contribution in [3.8, 4) is 0 Å². The number of hydrogen-bond donors (Lipinski definition) is 3. The van der Waals surface area contributed by atoms with Crippen LogP contribution in [0.3, 0.4) is 0 Å². The van der Waals surface area contributed by atoms with Crippen LogP contribution in [0.4, 0.5) is 0 Å². The summed E-state index contributed by atoms with van der Waals surface area (Å²) in [5.74, 6) is 5.29. The summed E-state index contributed by atoms with van der Waals surface area (Å²) in [7, 11) is 0. The quantitative estimate of drug-likeness (QED) is 0.0960. The van der Waals surface area contributed by atoms with E-state index in [1.54, 1.807) is 5.57 Å². The monoisotopic (exact) mass is 663 g/mol. The van der Waals surface area contributed by atoms with Crippen molar-refractivity contribution in [2.75, 3.05) is 19.8 Å². The second kappa shape index (κ2) is 16.2. The SMILES string of the molecule is CC(C)CCC[C@@H](C)[C@H]1CC[C@H]2[C@@H]3CC=C4CC(OCCCCCCO[C@@H]5[C@@H](O)[C@@H](O)[C@@H](CO)O[C@H]5[S-])CC[C@]4(C)[C@H]3CC[C@]12C. The van der Waals surface area contributed by atoms with E-state index < -0.39 is 29.9 Å². The van der Waals surface area contributed by atoms with Crippen molar-refractivity contribution in [1.29, 1.82) is 0 Å². The lowest BCUT2D eigenvalue weighted by Crippen LogP contribution is -2.58. The molecule has 3 saturated carbocycles. The highest BCUT2D eigenvalue weighted by molar-refractivity contribution is 7.59. The van der Waals surface area contributed by atoms with Gasteiger partial charge in [-0.05, 0) is 116 Å². The lowest BCUT2D eigenvalue weighted by molar-refractivity contribution is -0.218. The van der Waals surface area contributed by atoms with E-state index in [1.165, 1.54) is 64.2 Å². The minimum Gasteiger partial charge on any atom is -0.759 e. The van der Waals surface area contributed by atoms with Crippen LogP contribution < -0.4 is 0 Å². The van der Waals surface area contributed by atoms with Gasteiger partial charge in [0.2, 0.25) is 0 Å². The average molecular weight is 664 g/mol. The third-order valence-electron chi connectivity index (χ3n) is 13.8. The van der Waals surface area contributed by atoms with E-state index in [0.29, 0.717) is 23.5 Å². The van der Waals surface area contributed by atoms with Gasteiger partial charge >= 0.3 is 0 Å². The zero-order chi connectivity index (χ0) is 33.1. The second-order valence-corrected chi connectivity index (χ2v) is 17.4. The van der Waals surface area contributed by atoms with Crippen molar-refractivity contribution >= 4 is 12.6 Å². The minimum atomic E-state index is -1.19. The summed E-state index contributed by atoms with van der Waals surface area (Å²) in [5, 5.41) is 29.7. The van der Waals surface area contributed by atoms with Crippen LogP contribution in [0, 0.1) is 46.3 Å². The molecule has 4 aliphatic carbocycles. The van der Waals surface area contributed by atoms with Crippen LogP contribution in [-0.4, -0.2) is 71.1 Å². The van der Waals surface area contributed by atoms with Crippen LogP contribution in [0.2, 0.25) is 0 Å². The van der Waals surface area contributed by atoms with Gasteiger partial charge in [-0.25, -0.2) is 0 Å². The van der Waals surface area contributed by atoms with Crippen LogP contribution in [0.1, 0.15) is 131 Å². The fourth-order valence-corrected chi connectivity index (χ4v) is 11.4. The standard InChI is InChI=1S/C39H68O6S/c1-25(2)11-10-12-26(3)30-15-16-31-29-14-13-27-23-28(17-19-38(27,4)32(29)18-20-39(30,31)5)43-21-8-6-7-9-22-44-36-35(42)34(41)33(24-40)45-37(36)46/h13,25-26,28-37,40-42,46H,6-12,14-24H2,1-5H3/p-1/t26-,28?,29+,30-,31+,32+,33-,34+,35+,36-,37+,38+,39-/m1/s1. The summed E-state index contributed by atoms with van der Waals surface area (Å²) in [6.45, 7) is 13.5. The number of aliphatic hydroxyl groups excluding tert-OH is 3. The van der Waals surface area contributed by atoms with Gasteiger partial charge in [0.15, 0.2) is 0 Å². The number of ether oxygens (including phenoxy) is 3. The first-order valence-electron chi connectivity index (χ1n) is 19.2. The summed E-state index contributed by atoms with van der Waals surface area (Å²) in [5.41, 5.74) is 1.86. The van der Waals surface area contributed by atoms with Crippen LogP contribution >= 0.6 is 0 Å². The zero-order valence-corrected chi connectivity index (χ0v) is 30.5. The van der Waals surface area contributed by atoms with E-state index in [1.807, 2.05) is 0 Å². The number of unbranched alkanes of at least 4 members (excludes halogenated alkanes) is 3. The Labute approximate surface area is 286 Å². The molecule has 0 radical (unpaired) electrons. The maximum Gasteiger partial charge on any atom is 0.111 e. The Kier molecular flexibility index (Phi) is 13.1. The Bertz CT molecular complexity index is 990. The molecule has 0 bridgehead atoms. The molecule has 0 aromatic rings. The first-order chi connectivity index (χ1) is 22.0. The number of rotatable bonds is 15. The number of aliphatic hydroxyl groups is 3. The smallest absolute Gasteiger partial charge is 0.111 e. The van der Waals surface area contributed by atoms with Gasteiger partial charge in [0.05, 0.1) is 18.8 Å². The van der Waals surface area contributed by atoms with Gasteiger partial charge in [-0.2, -0.15) is 0 Å². The maximum absolute atomic E-state index is 10.3. The average Bonchev–Trinajstić information content (AvgIpc) is 3.38. The molecule has 1 heterocycles. The molecule has 266 valence electrons. The number of hydrogen-bond acceptors (Lipinski definition) is 7. The van der Waals surface area contributed by atoms with Crippen molar-refractivity contribution in [3.05, 3.63) is 11.6 Å². The highest BCUT2D eigenvalue weighted by Crippen LogP contribution is 2.67. The normalized spacial score (nSPS) is 43.1. The third kappa shape index (κ3) is 7.92. The highest BCUT2D eigenvalue weighted by Gasteiger charge is 2.59. The van der Waals surface area contributed by atoms with E-state index in [9.17, 15) is 15.3 Å². The minimum absolute atomic E-state index is 0.363. The van der Waals surface area contributed by atoms with Gasteiger partial charge in [-0.1, -0.05) is 78.4 Å². The Morgan fingerprint density at radius 3 is 2.35 bits per heavy atom. The molecule has 1 aliphatic heterocycles. The van der Waals surface area contributed by atoms with E-state index >= 15 is 0 Å². The largest absolute Gasteiger partial charge is 0.759 e. The molecule has 7 heteroatoms. The molecule has 5 rings (SSSR count). The van der Waals surface area contributed by atoms with Gasteiger partial charge in [0, 0.05) is 13.2 Å². The Morgan fingerprint density at radius 2 is 1.63 bits per heavy atom. The van der Waals surface area contributed by atoms with E-state index in [2.05, 4.69) is 40.7 Å². The van der Waals surface area contributed by atoms with E-state index in [4.69, 9.17) is 26.8 Å². The predicted octanol–water partition coefficient (Wildman–Crippen LogP) is 7.34. The summed E-state index contributed by atoms with van der Waals surface area (Å²) in [6.07, 6.45) is 18.0. The maximum atomic E-state index is 10.3. The molecule has 1 unspecified atom stereocenters. The van der Waals surface area contributed by atoms with Crippen molar-refractivity contribution in [1.82, 2.24) is 0 Å². The molecule has 1 saturated heterocycles. The van der Waals surface area contributed by atoms with Crippen molar-refractivity contribution in [2.45, 2.75) is 167 Å². The van der Waals surface area contributed by atoms with Crippen LogP contribution in [0.5, 0.6) is 0 Å². The highest BCUT2D eigenvalue weighted by atomic mass is 32.1. The Hall–Kier alpha value is -0.150. The lowest BCUT2D eigenvalue weighted by atomic mass is 9.47. The summed E-state index contributed by atoms with van der Waals surface area (Å²) in [6, 6.07) is 0. The number of allylic oxidation sites excluding steroid dienone is 1. The third-order valence-corrected chi connectivity index (χ3v) is 14.2. The molecular weight excluding hydrogens is 596 g/mol. The molecule has 0 aromatic heterocycles. The van der Waals surface area contributed by atoms with Gasteiger partial charge in [0.1, 0.15) is 18.3 Å². The van der Waals surface area contributed by atoms with Gasteiger partial charge in [0.25, 0.3) is 0 Å².